The summed E-state index contributed by atoms with van der Waals surface area (Å²) >= 11 is 1.37. The number of pyridine rings is 1. The van der Waals surface area contributed by atoms with E-state index in [1.165, 1.54) is 11.8 Å². The van der Waals surface area contributed by atoms with Crippen LogP contribution in [0.25, 0.3) is 11.3 Å². The fraction of sp³-hybridized carbons (Fsp3) is 0.278. The molecule has 3 N–H and O–H groups in total. The van der Waals surface area contributed by atoms with Crippen LogP contribution in [0, 0.1) is 5.92 Å². The van der Waals surface area contributed by atoms with Crippen molar-refractivity contribution >= 4 is 40.5 Å². The maximum atomic E-state index is 11.9. The predicted molar refractivity (Wildman–Crippen MR) is 107 cm³/mol. The van der Waals surface area contributed by atoms with Gasteiger partial charge in [0.25, 0.3) is 0 Å². The van der Waals surface area contributed by atoms with Gasteiger partial charge in [-0.05, 0) is 48.9 Å². The fourth-order valence-electron chi connectivity index (χ4n) is 2.89. The first-order valence-corrected chi connectivity index (χ1v) is 10.1. The van der Waals surface area contributed by atoms with Crippen LogP contribution in [-0.2, 0) is 4.79 Å². The molecule has 0 bridgehead atoms. The molecule has 4 heterocycles. The third kappa shape index (κ3) is 3.74. The van der Waals surface area contributed by atoms with Gasteiger partial charge in [0.1, 0.15) is 5.03 Å². The Morgan fingerprint density at radius 3 is 2.86 bits per heavy atom. The van der Waals surface area contributed by atoms with Crippen LogP contribution in [0.4, 0.5) is 11.5 Å². The van der Waals surface area contributed by atoms with E-state index in [-0.39, 0.29) is 18.4 Å². The molecule has 0 atom stereocenters. The van der Waals surface area contributed by atoms with E-state index in [4.69, 9.17) is 5.11 Å². The number of aromatic nitrogens is 6. The molecule has 1 fully saturated rings. The molecule has 0 radical (unpaired) electrons. The van der Waals surface area contributed by atoms with Crippen molar-refractivity contribution in [3.05, 3.63) is 36.7 Å². The Hall–Kier alpha value is -3.18. The minimum atomic E-state index is 0.0172. The number of rotatable bonds is 7. The largest absolute Gasteiger partial charge is 0.395 e. The molecule has 4 aromatic rings. The summed E-state index contributed by atoms with van der Waals surface area (Å²) in [4.78, 5) is 16.3. The number of nitrogens with zero attached hydrogens (tertiary/aromatic N) is 6. The van der Waals surface area contributed by atoms with Crippen molar-refractivity contribution in [2.75, 3.05) is 23.8 Å². The van der Waals surface area contributed by atoms with Gasteiger partial charge in [0, 0.05) is 18.7 Å². The van der Waals surface area contributed by atoms with E-state index < -0.39 is 0 Å². The van der Waals surface area contributed by atoms with Crippen molar-refractivity contribution in [3.8, 4) is 0 Å². The van der Waals surface area contributed by atoms with Gasteiger partial charge in [0.2, 0.25) is 11.1 Å². The Morgan fingerprint density at radius 1 is 1.17 bits per heavy atom. The average molecular weight is 410 g/mol. The molecule has 1 amide bonds. The number of hydrogen-bond donors (Lipinski definition) is 3. The fourth-order valence-corrected chi connectivity index (χ4v) is 3.67. The first kappa shape index (κ1) is 17.9. The van der Waals surface area contributed by atoms with Crippen LogP contribution >= 0.6 is 11.8 Å². The van der Waals surface area contributed by atoms with Crippen LogP contribution in [0.1, 0.15) is 12.8 Å². The van der Waals surface area contributed by atoms with Crippen molar-refractivity contribution in [3.63, 3.8) is 0 Å². The number of anilines is 2. The van der Waals surface area contributed by atoms with E-state index in [0.29, 0.717) is 23.2 Å². The summed E-state index contributed by atoms with van der Waals surface area (Å²) in [6.45, 7) is 0.522. The lowest BCUT2D eigenvalue weighted by Gasteiger charge is -2.05. The van der Waals surface area contributed by atoms with Crippen LogP contribution in [-0.4, -0.2) is 53.4 Å². The molecule has 0 saturated heterocycles. The van der Waals surface area contributed by atoms with Gasteiger partial charge in [0.15, 0.2) is 17.1 Å². The van der Waals surface area contributed by atoms with Crippen molar-refractivity contribution < 1.29 is 9.90 Å². The molecule has 1 aliphatic rings. The van der Waals surface area contributed by atoms with Gasteiger partial charge in [-0.1, -0.05) is 0 Å². The minimum absolute atomic E-state index is 0.0172. The summed E-state index contributed by atoms with van der Waals surface area (Å²) in [6.07, 6.45) is 5.48. The molecule has 11 heteroatoms. The van der Waals surface area contributed by atoms with Crippen molar-refractivity contribution in [2.45, 2.75) is 23.0 Å². The SMILES string of the molecule is O=C(Nc1cn2nc(Sc3nnc4ccc(NCCO)cn34)ccc2n1)C1CC1. The minimum Gasteiger partial charge on any atom is -0.395 e. The van der Waals surface area contributed by atoms with Gasteiger partial charge >= 0.3 is 0 Å². The summed E-state index contributed by atoms with van der Waals surface area (Å²) < 4.78 is 3.51. The molecule has 10 nitrogen and oxygen atoms in total. The predicted octanol–water partition coefficient (Wildman–Crippen LogP) is 1.68. The van der Waals surface area contributed by atoms with Crippen molar-refractivity contribution in [1.29, 1.82) is 0 Å². The van der Waals surface area contributed by atoms with Crippen LogP contribution in [0.5, 0.6) is 0 Å². The lowest BCUT2D eigenvalue weighted by Crippen LogP contribution is -2.13. The molecule has 0 spiro atoms. The second-order valence-corrected chi connectivity index (χ2v) is 7.73. The molecular weight excluding hydrogens is 392 g/mol. The van der Waals surface area contributed by atoms with E-state index in [2.05, 4.69) is 30.9 Å². The van der Waals surface area contributed by atoms with Crippen LogP contribution < -0.4 is 10.6 Å². The number of hydrogen-bond acceptors (Lipinski definition) is 8. The monoisotopic (exact) mass is 410 g/mol. The van der Waals surface area contributed by atoms with Crippen LogP contribution in [0.2, 0.25) is 0 Å². The molecule has 4 aromatic heterocycles. The molecular formula is C18H18N8O2S. The highest BCUT2D eigenvalue weighted by Crippen LogP contribution is 2.30. The quantitative estimate of drug-likeness (QED) is 0.421. The number of imidazole rings is 1. The van der Waals surface area contributed by atoms with Crippen molar-refractivity contribution in [1.82, 2.24) is 29.2 Å². The van der Waals surface area contributed by atoms with E-state index >= 15 is 0 Å². The summed E-state index contributed by atoms with van der Waals surface area (Å²) in [7, 11) is 0. The van der Waals surface area contributed by atoms with Gasteiger partial charge in [-0.15, -0.1) is 10.2 Å². The second kappa shape index (κ2) is 7.33. The summed E-state index contributed by atoms with van der Waals surface area (Å²) in [5.74, 6) is 0.643. The van der Waals surface area contributed by atoms with Crippen LogP contribution in [0.3, 0.4) is 0 Å². The summed E-state index contributed by atoms with van der Waals surface area (Å²) in [6, 6.07) is 7.45. The van der Waals surface area contributed by atoms with E-state index in [1.54, 1.807) is 10.7 Å². The van der Waals surface area contributed by atoms with E-state index in [9.17, 15) is 4.79 Å². The van der Waals surface area contributed by atoms with Crippen molar-refractivity contribution in [2.24, 2.45) is 5.92 Å². The smallest absolute Gasteiger partial charge is 0.228 e. The number of carbonyl (C=O) groups excluding carboxylic acids is 1. The number of nitrogens with one attached hydrogen (secondary N) is 2. The second-order valence-electron chi connectivity index (χ2n) is 6.75. The molecule has 0 unspecified atom stereocenters. The van der Waals surface area contributed by atoms with Gasteiger partial charge in [-0.25, -0.2) is 9.50 Å². The highest BCUT2D eigenvalue weighted by Gasteiger charge is 2.30. The first-order chi connectivity index (χ1) is 14.2. The highest BCUT2D eigenvalue weighted by molar-refractivity contribution is 7.99. The van der Waals surface area contributed by atoms with Gasteiger partial charge < -0.3 is 15.7 Å². The Bertz CT molecular complexity index is 1200. The molecule has 5 rings (SSSR count). The molecule has 29 heavy (non-hydrogen) atoms. The van der Waals surface area contributed by atoms with Gasteiger partial charge in [-0.3, -0.25) is 9.20 Å². The van der Waals surface area contributed by atoms with E-state index in [0.717, 1.165) is 29.2 Å². The molecule has 0 aliphatic heterocycles. The first-order valence-electron chi connectivity index (χ1n) is 9.24. The number of carbonyl (C=O) groups is 1. The Kier molecular flexibility index (Phi) is 4.52. The topological polar surface area (TPSA) is 122 Å². The summed E-state index contributed by atoms with van der Waals surface area (Å²) in [5.41, 5.74) is 2.24. The normalized spacial score (nSPS) is 13.8. The van der Waals surface area contributed by atoms with Gasteiger partial charge in [0.05, 0.1) is 18.5 Å². The molecule has 148 valence electrons. The molecule has 0 aromatic carbocycles. The summed E-state index contributed by atoms with van der Waals surface area (Å²) in [5, 5.41) is 29.3. The molecule has 1 aliphatic carbocycles. The molecule has 1 saturated carbocycles. The number of aliphatic hydroxyl groups excluding tert-OH is 1. The Labute approximate surface area is 169 Å². The number of amides is 1. The lowest BCUT2D eigenvalue weighted by atomic mass is 10.4. The Balaban J connectivity index is 1.38. The zero-order valence-electron chi connectivity index (χ0n) is 15.3. The number of fused-ring (bicyclic) bond motifs is 2. The van der Waals surface area contributed by atoms with Gasteiger partial charge in [-0.2, -0.15) is 5.10 Å². The number of aliphatic hydroxyl groups is 1. The van der Waals surface area contributed by atoms with Crippen LogP contribution in [0.15, 0.2) is 46.8 Å². The third-order valence-electron chi connectivity index (χ3n) is 4.50. The maximum absolute atomic E-state index is 11.9. The van der Waals surface area contributed by atoms with E-state index in [1.807, 2.05) is 34.9 Å². The maximum Gasteiger partial charge on any atom is 0.228 e. The Morgan fingerprint density at radius 2 is 2.03 bits per heavy atom. The third-order valence-corrected chi connectivity index (χ3v) is 5.39. The lowest BCUT2D eigenvalue weighted by molar-refractivity contribution is -0.117. The standard InChI is InChI=1S/C18H18N8O2S/c27-8-7-19-12-3-4-15-22-23-18(25(15)9-12)29-16-6-5-14-20-13(10-26(14)24-16)21-17(28)11-1-2-11/h3-6,9-11,19,27H,1-2,7-8H2,(H,21,28). The zero-order valence-corrected chi connectivity index (χ0v) is 16.1. The zero-order chi connectivity index (χ0) is 19.8. The highest BCUT2D eigenvalue weighted by atomic mass is 32.2. The average Bonchev–Trinajstić information content (AvgIpc) is 3.40.